The number of para-hydroxylation sites is 1. The molecule has 1 amide bonds. The maximum Gasteiger partial charge on any atom is 0.328 e. The number of rotatable bonds is 6. The number of carbonyl (C=O) groups is 2. The highest BCUT2D eigenvalue weighted by Gasteiger charge is 2.28. The Morgan fingerprint density at radius 2 is 1.93 bits per heavy atom. The second kappa shape index (κ2) is 8.55. The molecule has 1 heterocycles. The van der Waals surface area contributed by atoms with E-state index in [2.05, 4.69) is 10.4 Å². The molecule has 1 N–H and O–H groups in total. The molecule has 0 bridgehead atoms. The number of nitrogens with zero attached hydrogens (tertiary/aromatic N) is 2. The molecule has 6 nitrogen and oxygen atoms in total. The van der Waals surface area contributed by atoms with Gasteiger partial charge in [-0.25, -0.2) is 4.79 Å². The van der Waals surface area contributed by atoms with E-state index in [4.69, 9.17) is 4.74 Å². The fraction of sp³-hybridized carbons (Fsp3) is 0.571. The van der Waals surface area contributed by atoms with Crippen molar-refractivity contribution in [3.63, 3.8) is 0 Å². The van der Waals surface area contributed by atoms with E-state index in [0.29, 0.717) is 11.6 Å². The number of nitrogens with one attached hydrogen (secondary N) is 1. The van der Waals surface area contributed by atoms with Crippen LogP contribution in [0.4, 0.5) is 0 Å². The van der Waals surface area contributed by atoms with Gasteiger partial charge in [-0.1, -0.05) is 51.3 Å². The number of hydrogen-bond acceptors (Lipinski definition) is 4. The summed E-state index contributed by atoms with van der Waals surface area (Å²) in [5.41, 5.74) is 1.34. The Labute approximate surface area is 160 Å². The summed E-state index contributed by atoms with van der Waals surface area (Å²) in [4.78, 5) is 24.9. The lowest BCUT2D eigenvalue weighted by Crippen LogP contribution is -2.45. The number of amides is 1. The van der Waals surface area contributed by atoms with Gasteiger partial charge in [-0.3, -0.25) is 9.48 Å². The normalized spacial score (nSPS) is 16.4. The Kier molecular flexibility index (Phi) is 6.14. The van der Waals surface area contributed by atoms with Gasteiger partial charge in [-0.15, -0.1) is 0 Å². The van der Waals surface area contributed by atoms with E-state index in [1.165, 1.54) is 39.2 Å². The third-order valence-corrected chi connectivity index (χ3v) is 5.44. The quantitative estimate of drug-likeness (QED) is 0.788. The molecule has 1 unspecified atom stereocenters. The SMILES string of the molecule is COC(=O)C(NC(=O)c1nn(CC2CCCCC2)c2ccccc12)C(C)C. The zero-order valence-electron chi connectivity index (χ0n) is 16.4. The highest BCUT2D eigenvalue weighted by atomic mass is 16.5. The van der Waals surface area contributed by atoms with Gasteiger partial charge >= 0.3 is 5.97 Å². The Morgan fingerprint density at radius 3 is 2.59 bits per heavy atom. The van der Waals surface area contributed by atoms with Gasteiger partial charge in [0.25, 0.3) is 5.91 Å². The summed E-state index contributed by atoms with van der Waals surface area (Å²) in [6.07, 6.45) is 6.29. The van der Waals surface area contributed by atoms with Crippen LogP contribution in [0.5, 0.6) is 0 Å². The molecule has 27 heavy (non-hydrogen) atoms. The number of esters is 1. The van der Waals surface area contributed by atoms with Gasteiger partial charge in [-0.05, 0) is 30.7 Å². The zero-order valence-corrected chi connectivity index (χ0v) is 16.4. The van der Waals surface area contributed by atoms with Crippen molar-refractivity contribution in [3.8, 4) is 0 Å². The Bertz CT molecular complexity index is 806. The third-order valence-electron chi connectivity index (χ3n) is 5.44. The highest BCUT2D eigenvalue weighted by Crippen LogP contribution is 2.27. The second-order valence-electron chi connectivity index (χ2n) is 7.77. The number of methoxy groups -OCH3 is 1. The predicted molar refractivity (Wildman–Crippen MR) is 104 cm³/mol. The van der Waals surface area contributed by atoms with Crippen molar-refractivity contribution in [2.75, 3.05) is 7.11 Å². The largest absolute Gasteiger partial charge is 0.467 e. The molecule has 3 rings (SSSR count). The highest BCUT2D eigenvalue weighted by molar-refractivity contribution is 6.06. The minimum atomic E-state index is -0.690. The summed E-state index contributed by atoms with van der Waals surface area (Å²) in [6.45, 7) is 4.59. The average molecular weight is 371 g/mol. The number of hydrogen-bond donors (Lipinski definition) is 1. The van der Waals surface area contributed by atoms with Gasteiger partial charge in [0.15, 0.2) is 5.69 Å². The molecule has 0 spiro atoms. The minimum Gasteiger partial charge on any atom is -0.467 e. The van der Waals surface area contributed by atoms with E-state index in [9.17, 15) is 9.59 Å². The molecule has 6 heteroatoms. The molecule has 1 atom stereocenters. The number of benzene rings is 1. The molecular formula is C21H29N3O3. The summed E-state index contributed by atoms with van der Waals surface area (Å²) >= 11 is 0. The number of aromatic nitrogens is 2. The fourth-order valence-corrected chi connectivity index (χ4v) is 3.88. The minimum absolute atomic E-state index is 0.0722. The van der Waals surface area contributed by atoms with E-state index >= 15 is 0 Å². The molecule has 1 aromatic carbocycles. The van der Waals surface area contributed by atoms with Gasteiger partial charge in [0.2, 0.25) is 0 Å². The zero-order chi connectivity index (χ0) is 19.4. The van der Waals surface area contributed by atoms with Crippen LogP contribution >= 0.6 is 0 Å². The van der Waals surface area contributed by atoms with Crippen molar-refractivity contribution >= 4 is 22.8 Å². The molecular weight excluding hydrogens is 342 g/mol. The molecule has 1 saturated carbocycles. The fourth-order valence-electron chi connectivity index (χ4n) is 3.88. The van der Waals surface area contributed by atoms with Crippen molar-refractivity contribution < 1.29 is 14.3 Å². The van der Waals surface area contributed by atoms with Crippen LogP contribution < -0.4 is 5.32 Å². The first-order valence-corrected chi connectivity index (χ1v) is 9.85. The van der Waals surface area contributed by atoms with Crippen LogP contribution in [0.15, 0.2) is 24.3 Å². The molecule has 146 valence electrons. The van der Waals surface area contributed by atoms with E-state index < -0.39 is 12.0 Å². The van der Waals surface area contributed by atoms with E-state index in [0.717, 1.165) is 17.4 Å². The molecule has 2 aromatic rings. The van der Waals surface area contributed by atoms with E-state index in [1.54, 1.807) is 0 Å². The molecule has 0 saturated heterocycles. The molecule has 0 aliphatic heterocycles. The van der Waals surface area contributed by atoms with Crippen LogP contribution in [-0.4, -0.2) is 34.8 Å². The Balaban J connectivity index is 1.87. The summed E-state index contributed by atoms with van der Waals surface area (Å²) < 4.78 is 6.79. The average Bonchev–Trinajstić information content (AvgIpc) is 3.04. The Hall–Kier alpha value is -2.37. The van der Waals surface area contributed by atoms with E-state index in [-0.39, 0.29) is 11.8 Å². The smallest absolute Gasteiger partial charge is 0.328 e. The van der Waals surface area contributed by atoms with Gasteiger partial charge in [0.05, 0.1) is 12.6 Å². The standard InChI is InChI=1S/C21H29N3O3/c1-14(2)18(21(26)27-3)22-20(25)19-16-11-7-8-12-17(16)24(23-19)13-15-9-5-4-6-10-15/h7-8,11-12,14-15,18H,4-6,9-10,13H2,1-3H3,(H,22,25). The van der Waals surface area contributed by atoms with E-state index in [1.807, 2.05) is 42.8 Å². The van der Waals surface area contributed by atoms with Crippen LogP contribution in [0, 0.1) is 11.8 Å². The number of ether oxygens (including phenoxy) is 1. The maximum absolute atomic E-state index is 12.9. The molecule has 1 aliphatic rings. The van der Waals surface area contributed by atoms with Crippen LogP contribution in [0.3, 0.4) is 0 Å². The van der Waals surface area contributed by atoms with Crippen molar-refractivity contribution in [2.24, 2.45) is 11.8 Å². The lowest BCUT2D eigenvalue weighted by molar-refractivity contribution is -0.144. The van der Waals surface area contributed by atoms with Crippen LogP contribution in [0.2, 0.25) is 0 Å². The predicted octanol–water partition coefficient (Wildman–Crippen LogP) is 3.54. The first-order valence-electron chi connectivity index (χ1n) is 9.85. The van der Waals surface area contributed by atoms with Crippen molar-refractivity contribution in [2.45, 2.75) is 58.5 Å². The molecule has 0 radical (unpaired) electrons. The molecule has 1 aliphatic carbocycles. The number of carbonyl (C=O) groups excluding carboxylic acids is 2. The maximum atomic E-state index is 12.9. The van der Waals surface area contributed by atoms with Gasteiger partial charge < -0.3 is 10.1 Å². The molecule has 1 fully saturated rings. The Morgan fingerprint density at radius 1 is 1.22 bits per heavy atom. The number of fused-ring (bicyclic) bond motifs is 1. The van der Waals surface area contributed by atoms with Crippen LogP contribution in [0.1, 0.15) is 56.4 Å². The van der Waals surface area contributed by atoms with Gasteiger partial charge in [0, 0.05) is 11.9 Å². The third kappa shape index (κ3) is 4.31. The van der Waals surface area contributed by atoms with Gasteiger partial charge in [-0.2, -0.15) is 5.10 Å². The summed E-state index contributed by atoms with van der Waals surface area (Å²) in [7, 11) is 1.33. The lowest BCUT2D eigenvalue weighted by Gasteiger charge is -2.21. The summed E-state index contributed by atoms with van der Waals surface area (Å²) in [5.74, 6) is -0.240. The molecule has 1 aromatic heterocycles. The van der Waals surface area contributed by atoms with Crippen molar-refractivity contribution in [1.82, 2.24) is 15.1 Å². The summed E-state index contributed by atoms with van der Waals surface area (Å²) in [6, 6.07) is 7.10. The van der Waals surface area contributed by atoms with Crippen LogP contribution in [0.25, 0.3) is 10.9 Å². The van der Waals surface area contributed by atoms with Crippen molar-refractivity contribution in [3.05, 3.63) is 30.0 Å². The second-order valence-corrected chi connectivity index (χ2v) is 7.77. The summed E-state index contributed by atoms with van der Waals surface area (Å²) in [5, 5.41) is 8.25. The topological polar surface area (TPSA) is 73.2 Å². The van der Waals surface area contributed by atoms with Crippen molar-refractivity contribution in [1.29, 1.82) is 0 Å². The lowest BCUT2D eigenvalue weighted by atomic mass is 9.89. The first kappa shape index (κ1) is 19.4. The first-order chi connectivity index (χ1) is 13.0. The van der Waals surface area contributed by atoms with Gasteiger partial charge in [0.1, 0.15) is 6.04 Å². The monoisotopic (exact) mass is 371 g/mol. The van der Waals surface area contributed by atoms with Crippen LogP contribution in [-0.2, 0) is 16.1 Å².